The van der Waals surface area contributed by atoms with Crippen LogP contribution in [0.2, 0.25) is 5.02 Å². The molecule has 3 rings (SSSR count). The molecule has 136 valence electrons. The molecule has 26 heavy (non-hydrogen) atoms. The van der Waals surface area contributed by atoms with E-state index in [0.717, 1.165) is 25.0 Å². The van der Waals surface area contributed by atoms with Gasteiger partial charge in [0.05, 0.1) is 27.9 Å². The molecule has 1 atom stereocenters. The van der Waals surface area contributed by atoms with Crippen LogP contribution in [0.3, 0.4) is 0 Å². The van der Waals surface area contributed by atoms with E-state index in [2.05, 4.69) is 10.6 Å². The lowest BCUT2D eigenvalue weighted by Gasteiger charge is -2.14. The van der Waals surface area contributed by atoms with E-state index in [0.29, 0.717) is 28.4 Å². The molecule has 2 amide bonds. The van der Waals surface area contributed by atoms with Crippen molar-refractivity contribution in [2.45, 2.75) is 25.9 Å². The van der Waals surface area contributed by atoms with Crippen molar-refractivity contribution in [2.24, 2.45) is 0 Å². The molecule has 1 aliphatic heterocycles. The standard InChI is InChI=1S/C20H21ClN2O3/c1-13-8-9-15(17(21)11-13)20(25)23-18-7-3-2-6-16(18)19(24)22-12-14-5-4-10-26-14/h2-3,6-9,11,14H,4-5,10,12H2,1H3,(H,22,24)(H,23,25)/t14-/m0/s1. The summed E-state index contributed by atoms with van der Waals surface area (Å²) in [5.41, 5.74) is 2.19. The van der Waals surface area contributed by atoms with Gasteiger partial charge in [0.2, 0.25) is 0 Å². The minimum absolute atomic E-state index is 0.0621. The van der Waals surface area contributed by atoms with Crippen molar-refractivity contribution in [3.63, 3.8) is 0 Å². The smallest absolute Gasteiger partial charge is 0.257 e. The second kappa shape index (κ2) is 8.34. The number of benzene rings is 2. The summed E-state index contributed by atoms with van der Waals surface area (Å²) < 4.78 is 5.52. The summed E-state index contributed by atoms with van der Waals surface area (Å²) >= 11 is 6.16. The summed E-state index contributed by atoms with van der Waals surface area (Å²) in [5.74, 6) is -0.597. The number of ether oxygens (including phenoxy) is 1. The van der Waals surface area contributed by atoms with E-state index >= 15 is 0 Å². The number of carbonyl (C=O) groups is 2. The van der Waals surface area contributed by atoms with Crippen LogP contribution in [-0.4, -0.2) is 31.1 Å². The number of halogens is 1. The molecule has 6 heteroatoms. The van der Waals surface area contributed by atoms with E-state index < -0.39 is 0 Å². The predicted molar refractivity (Wildman–Crippen MR) is 102 cm³/mol. The molecule has 0 saturated carbocycles. The first kappa shape index (κ1) is 18.4. The highest BCUT2D eigenvalue weighted by Gasteiger charge is 2.19. The van der Waals surface area contributed by atoms with Crippen LogP contribution in [0.1, 0.15) is 39.1 Å². The molecule has 0 aromatic heterocycles. The number of rotatable bonds is 5. The second-order valence-corrected chi connectivity index (χ2v) is 6.74. The Balaban J connectivity index is 1.71. The Morgan fingerprint density at radius 2 is 1.96 bits per heavy atom. The number of carbonyl (C=O) groups excluding carboxylic acids is 2. The van der Waals surface area contributed by atoms with Gasteiger partial charge in [-0.3, -0.25) is 9.59 Å². The van der Waals surface area contributed by atoms with Crippen molar-refractivity contribution in [2.75, 3.05) is 18.5 Å². The lowest BCUT2D eigenvalue weighted by Crippen LogP contribution is -2.32. The zero-order valence-electron chi connectivity index (χ0n) is 14.5. The van der Waals surface area contributed by atoms with Gasteiger partial charge in [-0.1, -0.05) is 29.8 Å². The van der Waals surface area contributed by atoms with Crippen molar-refractivity contribution in [1.29, 1.82) is 0 Å². The number of para-hydroxylation sites is 1. The number of hydrogen-bond acceptors (Lipinski definition) is 3. The summed E-state index contributed by atoms with van der Waals surface area (Å²) in [7, 11) is 0. The first-order valence-corrected chi connectivity index (χ1v) is 8.99. The number of amides is 2. The molecular weight excluding hydrogens is 352 g/mol. The van der Waals surface area contributed by atoms with Crippen LogP contribution in [0.25, 0.3) is 0 Å². The summed E-state index contributed by atoms with van der Waals surface area (Å²) in [5, 5.41) is 6.03. The maximum Gasteiger partial charge on any atom is 0.257 e. The molecule has 1 heterocycles. The van der Waals surface area contributed by atoms with Gasteiger partial charge < -0.3 is 15.4 Å². The van der Waals surface area contributed by atoms with Gasteiger partial charge in [-0.2, -0.15) is 0 Å². The molecule has 1 saturated heterocycles. The van der Waals surface area contributed by atoms with E-state index in [1.165, 1.54) is 0 Å². The van der Waals surface area contributed by atoms with Gasteiger partial charge in [0.15, 0.2) is 0 Å². The normalized spacial score (nSPS) is 16.3. The highest BCUT2D eigenvalue weighted by Crippen LogP contribution is 2.21. The van der Waals surface area contributed by atoms with Gasteiger partial charge in [0, 0.05) is 13.2 Å². The van der Waals surface area contributed by atoms with Gasteiger partial charge in [-0.05, 0) is 49.6 Å². The van der Waals surface area contributed by atoms with Crippen molar-refractivity contribution in [3.05, 3.63) is 64.2 Å². The minimum atomic E-state index is -0.352. The first-order chi connectivity index (χ1) is 12.5. The average Bonchev–Trinajstić information content (AvgIpc) is 3.13. The maximum atomic E-state index is 12.5. The third-order valence-electron chi connectivity index (χ3n) is 4.30. The third kappa shape index (κ3) is 4.42. The fraction of sp³-hybridized carbons (Fsp3) is 0.300. The summed E-state index contributed by atoms with van der Waals surface area (Å²) in [4.78, 5) is 25.0. The van der Waals surface area contributed by atoms with Crippen molar-refractivity contribution < 1.29 is 14.3 Å². The van der Waals surface area contributed by atoms with E-state index in [4.69, 9.17) is 16.3 Å². The van der Waals surface area contributed by atoms with Crippen LogP contribution in [0, 0.1) is 6.92 Å². The zero-order chi connectivity index (χ0) is 18.5. The topological polar surface area (TPSA) is 67.4 Å². The van der Waals surface area contributed by atoms with Gasteiger partial charge in [-0.25, -0.2) is 0 Å². The number of aryl methyl sites for hydroxylation is 1. The maximum absolute atomic E-state index is 12.5. The number of nitrogens with one attached hydrogen (secondary N) is 2. The van der Waals surface area contributed by atoms with Gasteiger partial charge in [0.25, 0.3) is 11.8 Å². The average molecular weight is 373 g/mol. The van der Waals surface area contributed by atoms with Crippen LogP contribution in [0.5, 0.6) is 0 Å². The van der Waals surface area contributed by atoms with Gasteiger partial charge >= 0.3 is 0 Å². The Morgan fingerprint density at radius 3 is 2.69 bits per heavy atom. The highest BCUT2D eigenvalue weighted by atomic mass is 35.5. The molecule has 0 bridgehead atoms. The fourth-order valence-electron chi connectivity index (χ4n) is 2.89. The van der Waals surface area contributed by atoms with Gasteiger partial charge in [0.1, 0.15) is 0 Å². The quantitative estimate of drug-likeness (QED) is 0.838. The summed E-state index contributed by atoms with van der Waals surface area (Å²) in [6.45, 7) is 3.11. The minimum Gasteiger partial charge on any atom is -0.376 e. The predicted octanol–water partition coefficient (Wildman–Crippen LogP) is 3.81. The molecule has 2 N–H and O–H groups in total. The van der Waals surface area contributed by atoms with Crippen LogP contribution < -0.4 is 10.6 Å². The Hall–Kier alpha value is -2.37. The number of hydrogen-bond donors (Lipinski definition) is 2. The molecule has 0 unspecified atom stereocenters. The van der Waals surface area contributed by atoms with Crippen molar-refractivity contribution in [1.82, 2.24) is 5.32 Å². The van der Waals surface area contributed by atoms with E-state index in [-0.39, 0.29) is 17.9 Å². The molecule has 2 aromatic rings. The molecule has 5 nitrogen and oxygen atoms in total. The fourth-order valence-corrected chi connectivity index (χ4v) is 3.21. The van der Waals surface area contributed by atoms with E-state index in [1.54, 1.807) is 36.4 Å². The van der Waals surface area contributed by atoms with Crippen molar-refractivity contribution >= 4 is 29.1 Å². The van der Waals surface area contributed by atoms with Gasteiger partial charge in [-0.15, -0.1) is 0 Å². The van der Waals surface area contributed by atoms with Crippen LogP contribution in [-0.2, 0) is 4.74 Å². The summed E-state index contributed by atoms with van der Waals surface area (Å²) in [6.07, 6.45) is 2.03. The molecule has 0 radical (unpaired) electrons. The zero-order valence-corrected chi connectivity index (χ0v) is 15.3. The Bertz CT molecular complexity index is 816. The second-order valence-electron chi connectivity index (χ2n) is 6.33. The Morgan fingerprint density at radius 1 is 1.15 bits per heavy atom. The Labute approximate surface area is 157 Å². The molecular formula is C20H21ClN2O3. The van der Waals surface area contributed by atoms with Crippen LogP contribution in [0.15, 0.2) is 42.5 Å². The van der Waals surface area contributed by atoms with E-state index in [1.807, 2.05) is 13.0 Å². The lowest BCUT2D eigenvalue weighted by molar-refractivity contribution is 0.0858. The third-order valence-corrected chi connectivity index (χ3v) is 4.62. The molecule has 1 fully saturated rings. The molecule has 0 aliphatic carbocycles. The SMILES string of the molecule is Cc1ccc(C(=O)Nc2ccccc2C(=O)NC[C@@H]2CCCO2)c(Cl)c1. The van der Waals surface area contributed by atoms with E-state index in [9.17, 15) is 9.59 Å². The molecule has 0 spiro atoms. The molecule has 2 aromatic carbocycles. The highest BCUT2D eigenvalue weighted by molar-refractivity contribution is 6.34. The van der Waals surface area contributed by atoms with Crippen LogP contribution >= 0.6 is 11.6 Å². The summed E-state index contributed by atoms with van der Waals surface area (Å²) in [6, 6.07) is 12.1. The van der Waals surface area contributed by atoms with Crippen molar-refractivity contribution in [3.8, 4) is 0 Å². The monoisotopic (exact) mass is 372 g/mol. The Kier molecular flexibility index (Phi) is 5.91. The largest absolute Gasteiger partial charge is 0.376 e. The number of anilines is 1. The van der Waals surface area contributed by atoms with Crippen LogP contribution in [0.4, 0.5) is 5.69 Å². The first-order valence-electron chi connectivity index (χ1n) is 8.61. The lowest BCUT2D eigenvalue weighted by atomic mass is 10.1. The molecule has 1 aliphatic rings.